The molecule has 0 fully saturated rings. The first-order valence-electron chi connectivity index (χ1n) is 11.3. The molecule has 158 valence electrons. The zero-order valence-electron chi connectivity index (χ0n) is 18.4. The van der Waals surface area contributed by atoms with Gasteiger partial charge in [-0.3, -0.25) is 4.90 Å². The number of nitrogens with zero attached hydrogens (tertiary/aromatic N) is 2. The molecule has 30 heavy (non-hydrogen) atoms. The lowest BCUT2D eigenvalue weighted by Crippen LogP contribution is -2.29. The number of nitrogens with one attached hydrogen (secondary N) is 1. The summed E-state index contributed by atoms with van der Waals surface area (Å²) in [6.07, 6.45) is 14.2. The van der Waals surface area contributed by atoms with E-state index in [2.05, 4.69) is 79.8 Å². The van der Waals surface area contributed by atoms with Gasteiger partial charge >= 0.3 is 0 Å². The number of hydrogen-bond donors (Lipinski definition) is 1. The van der Waals surface area contributed by atoms with Crippen LogP contribution in [0.1, 0.15) is 45.4 Å². The second kappa shape index (κ2) is 9.48. The van der Waals surface area contributed by atoms with Gasteiger partial charge in [0.15, 0.2) is 11.5 Å². The number of allylic oxidation sites excluding steroid dienone is 1. The topological polar surface area (TPSA) is 36.9 Å². The third kappa shape index (κ3) is 4.44. The third-order valence-electron chi connectivity index (χ3n) is 5.90. The van der Waals surface area contributed by atoms with Crippen molar-refractivity contribution in [3.05, 3.63) is 54.3 Å². The third-order valence-corrected chi connectivity index (χ3v) is 5.90. The molecule has 1 atom stereocenters. The second-order valence-electron chi connectivity index (χ2n) is 8.45. The number of anilines is 1. The smallest absolute Gasteiger partial charge is 0.155 e. The minimum Gasteiger partial charge on any atom is -0.453 e. The molecule has 4 nitrogen and oxygen atoms in total. The van der Waals surface area contributed by atoms with E-state index in [1.54, 1.807) is 0 Å². The SMILES string of the molecule is CCCCCCCCNc1cc2c(c3ccccc13)N=C1C=CC(N(C)C)C=C1O2. The Bertz CT molecular complexity index is 987. The fraction of sp³-hybridized carbons (Fsp3) is 0.423. The van der Waals surface area contributed by atoms with Crippen molar-refractivity contribution in [1.82, 2.24) is 4.90 Å². The van der Waals surface area contributed by atoms with Gasteiger partial charge in [-0.1, -0.05) is 69.4 Å². The fourth-order valence-corrected chi connectivity index (χ4v) is 4.11. The number of ether oxygens (including phenoxy) is 1. The lowest BCUT2D eigenvalue weighted by Gasteiger charge is -2.26. The van der Waals surface area contributed by atoms with Crippen LogP contribution in [0.15, 0.2) is 59.3 Å². The van der Waals surface area contributed by atoms with Gasteiger partial charge in [0.25, 0.3) is 0 Å². The molecule has 4 rings (SSSR count). The van der Waals surface area contributed by atoms with Crippen LogP contribution in [-0.4, -0.2) is 37.3 Å². The summed E-state index contributed by atoms with van der Waals surface area (Å²) in [5, 5.41) is 5.99. The average molecular weight is 404 g/mol. The predicted octanol–water partition coefficient (Wildman–Crippen LogP) is 6.46. The van der Waals surface area contributed by atoms with E-state index in [0.29, 0.717) is 0 Å². The molecule has 1 unspecified atom stereocenters. The number of aliphatic imine (C=N–C) groups is 1. The van der Waals surface area contributed by atoms with E-state index in [1.165, 1.54) is 43.9 Å². The van der Waals surface area contributed by atoms with E-state index >= 15 is 0 Å². The van der Waals surface area contributed by atoms with Gasteiger partial charge in [-0.15, -0.1) is 0 Å². The highest BCUT2D eigenvalue weighted by Gasteiger charge is 2.24. The Labute approximate surface area is 180 Å². The average Bonchev–Trinajstić information content (AvgIpc) is 2.76. The maximum absolute atomic E-state index is 6.35. The monoisotopic (exact) mass is 403 g/mol. The minimum absolute atomic E-state index is 0.228. The van der Waals surface area contributed by atoms with Crippen molar-refractivity contribution in [3.63, 3.8) is 0 Å². The zero-order valence-corrected chi connectivity index (χ0v) is 18.4. The highest BCUT2D eigenvalue weighted by molar-refractivity contribution is 6.14. The van der Waals surface area contributed by atoms with Crippen LogP contribution in [0.25, 0.3) is 10.8 Å². The lowest BCUT2D eigenvalue weighted by molar-refractivity contribution is 0.375. The van der Waals surface area contributed by atoms with Crippen molar-refractivity contribution in [3.8, 4) is 5.75 Å². The molecule has 0 bridgehead atoms. The molecule has 0 amide bonds. The summed E-state index contributed by atoms with van der Waals surface area (Å²) in [4.78, 5) is 7.12. The van der Waals surface area contributed by atoms with Crippen LogP contribution in [0.5, 0.6) is 5.75 Å². The first kappa shape index (κ1) is 20.7. The van der Waals surface area contributed by atoms with Crippen molar-refractivity contribution >= 4 is 27.9 Å². The summed E-state index contributed by atoms with van der Waals surface area (Å²) in [6.45, 7) is 3.25. The zero-order chi connectivity index (χ0) is 20.9. The molecule has 2 aromatic carbocycles. The predicted molar refractivity (Wildman–Crippen MR) is 128 cm³/mol. The number of benzene rings is 2. The molecular formula is C26H33N3O. The fourth-order valence-electron chi connectivity index (χ4n) is 4.11. The molecule has 0 saturated heterocycles. The van der Waals surface area contributed by atoms with Gasteiger partial charge in [0, 0.05) is 35.1 Å². The summed E-state index contributed by atoms with van der Waals surface area (Å²) >= 11 is 0. The molecule has 2 aromatic rings. The van der Waals surface area contributed by atoms with Gasteiger partial charge in [-0.25, -0.2) is 4.99 Å². The molecule has 1 aliphatic heterocycles. The van der Waals surface area contributed by atoms with Crippen LogP contribution >= 0.6 is 0 Å². The highest BCUT2D eigenvalue weighted by Crippen LogP contribution is 2.44. The minimum atomic E-state index is 0.228. The van der Waals surface area contributed by atoms with Gasteiger partial charge < -0.3 is 10.1 Å². The molecule has 1 N–H and O–H groups in total. The molecule has 0 radical (unpaired) electrons. The molecule has 0 spiro atoms. The summed E-state index contributed by atoms with van der Waals surface area (Å²) in [5.74, 6) is 1.68. The number of fused-ring (bicyclic) bond motifs is 4. The number of hydrogen-bond acceptors (Lipinski definition) is 4. The van der Waals surface area contributed by atoms with Crippen molar-refractivity contribution in [2.24, 2.45) is 4.99 Å². The Kier molecular flexibility index (Phi) is 6.53. The molecule has 2 aliphatic rings. The van der Waals surface area contributed by atoms with E-state index in [-0.39, 0.29) is 6.04 Å². The quantitative estimate of drug-likeness (QED) is 0.488. The molecule has 1 heterocycles. The van der Waals surface area contributed by atoms with Crippen LogP contribution in [0.3, 0.4) is 0 Å². The number of likely N-dealkylation sites (N-methyl/N-ethyl adjacent to an activating group) is 1. The summed E-state index contributed by atoms with van der Waals surface area (Å²) in [6, 6.07) is 10.8. The maximum atomic E-state index is 6.35. The second-order valence-corrected chi connectivity index (χ2v) is 8.45. The maximum Gasteiger partial charge on any atom is 0.155 e. The lowest BCUT2D eigenvalue weighted by atomic mass is 10.0. The van der Waals surface area contributed by atoms with E-state index in [0.717, 1.165) is 40.5 Å². The van der Waals surface area contributed by atoms with E-state index < -0.39 is 0 Å². The summed E-state index contributed by atoms with van der Waals surface area (Å²) < 4.78 is 6.35. The van der Waals surface area contributed by atoms with Crippen molar-refractivity contribution in [1.29, 1.82) is 0 Å². The van der Waals surface area contributed by atoms with Gasteiger partial charge in [-0.2, -0.15) is 0 Å². The molecular weight excluding hydrogens is 370 g/mol. The standard InChI is InChI=1S/C26H33N3O/c1-4-5-6-7-8-11-16-27-23-18-25-26(21-13-10-9-12-20(21)23)28-22-15-14-19(29(2)3)17-24(22)30-25/h9-10,12-15,17-19,27H,4-8,11,16H2,1-3H3. The number of rotatable bonds is 9. The molecule has 0 aromatic heterocycles. The highest BCUT2D eigenvalue weighted by atomic mass is 16.5. The largest absolute Gasteiger partial charge is 0.453 e. The molecule has 0 saturated carbocycles. The van der Waals surface area contributed by atoms with Crippen molar-refractivity contribution < 1.29 is 4.74 Å². The Hall–Kier alpha value is -2.59. The molecule has 4 heteroatoms. The Morgan fingerprint density at radius 3 is 2.60 bits per heavy atom. The normalized spacial score (nSPS) is 17.3. The van der Waals surface area contributed by atoms with Gasteiger partial charge in [0.2, 0.25) is 0 Å². The van der Waals surface area contributed by atoms with Gasteiger partial charge in [-0.05, 0) is 32.7 Å². The Balaban J connectivity index is 1.56. The first-order valence-corrected chi connectivity index (χ1v) is 11.3. The summed E-state index contributed by atoms with van der Waals surface area (Å²) in [7, 11) is 4.14. The van der Waals surface area contributed by atoms with Crippen LogP contribution in [0.4, 0.5) is 11.4 Å². The van der Waals surface area contributed by atoms with Crippen LogP contribution in [0, 0.1) is 0 Å². The first-order chi connectivity index (χ1) is 14.7. The van der Waals surface area contributed by atoms with Crippen LogP contribution < -0.4 is 10.1 Å². The van der Waals surface area contributed by atoms with E-state index in [1.807, 2.05) is 0 Å². The number of unbranched alkanes of at least 4 members (excludes halogenated alkanes) is 5. The van der Waals surface area contributed by atoms with Gasteiger partial charge in [0.1, 0.15) is 11.4 Å². The Morgan fingerprint density at radius 1 is 1.03 bits per heavy atom. The summed E-state index contributed by atoms with van der Waals surface area (Å²) in [5.41, 5.74) is 2.96. The van der Waals surface area contributed by atoms with Crippen molar-refractivity contribution in [2.45, 2.75) is 51.5 Å². The van der Waals surface area contributed by atoms with Gasteiger partial charge in [0.05, 0.1) is 0 Å². The van der Waals surface area contributed by atoms with Crippen LogP contribution in [-0.2, 0) is 0 Å². The van der Waals surface area contributed by atoms with Crippen LogP contribution in [0.2, 0.25) is 0 Å². The molecule has 1 aliphatic carbocycles. The van der Waals surface area contributed by atoms with Crippen molar-refractivity contribution in [2.75, 3.05) is 26.0 Å². The Morgan fingerprint density at radius 2 is 1.80 bits per heavy atom. The van der Waals surface area contributed by atoms with E-state index in [9.17, 15) is 0 Å². The van der Waals surface area contributed by atoms with E-state index in [4.69, 9.17) is 9.73 Å².